The Kier molecular flexibility index (Phi) is 6.38. The van der Waals surface area contributed by atoms with Crippen LogP contribution in [0.2, 0.25) is 0 Å². The fourth-order valence-corrected chi connectivity index (χ4v) is 6.92. The van der Waals surface area contributed by atoms with Crippen LogP contribution in [-0.4, -0.2) is 26.4 Å². The van der Waals surface area contributed by atoms with Gasteiger partial charge in [0.25, 0.3) is 5.91 Å². The van der Waals surface area contributed by atoms with E-state index in [1.807, 2.05) is 20.0 Å². The molecule has 5 rings (SSSR count). The number of thiazole rings is 1. The summed E-state index contributed by atoms with van der Waals surface area (Å²) in [6.07, 6.45) is 1.86. The normalized spacial score (nSPS) is 13.9. The molecular formula is C27H25N3O4S2. The Morgan fingerprint density at radius 2 is 1.75 bits per heavy atom. The van der Waals surface area contributed by atoms with Gasteiger partial charge in [-0.05, 0) is 66.9 Å². The number of nitrogens with one attached hydrogen (secondary N) is 2. The molecule has 0 saturated carbocycles. The van der Waals surface area contributed by atoms with Crippen LogP contribution in [0.15, 0.2) is 70.6 Å². The molecule has 0 unspecified atom stereocenters. The highest BCUT2D eigenvalue weighted by Crippen LogP contribution is 2.35. The van der Waals surface area contributed by atoms with Crippen LogP contribution in [-0.2, 0) is 22.9 Å². The third kappa shape index (κ3) is 4.41. The number of hydrogen-bond acceptors (Lipinski definition) is 7. The number of sulfone groups is 1. The van der Waals surface area contributed by atoms with E-state index in [-0.39, 0.29) is 15.4 Å². The van der Waals surface area contributed by atoms with Gasteiger partial charge in [0.2, 0.25) is 9.84 Å². The summed E-state index contributed by atoms with van der Waals surface area (Å²) >= 11 is 1.62. The Labute approximate surface area is 214 Å². The molecule has 1 aliphatic heterocycles. The summed E-state index contributed by atoms with van der Waals surface area (Å²) in [6.45, 7) is 5.17. The zero-order chi connectivity index (χ0) is 25.4. The van der Waals surface area contributed by atoms with Crippen molar-refractivity contribution in [3.05, 3.63) is 87.9 Å². The minimum absolute atomic E-state index is 0.0235. The van der Waals surface area contributed by atoms with Crippen LogP contribution in [0.3, 0.4) is 0 Å². The van der Waals surface area contributed by atoms with Gasteiger partial charge < -0.3 is 15.4 Å². The number of carbonyl (C=O) groups is 1. The molecule has 0 radical (unpaired) electrons. The van der Waals surface area contributed by atoms with Crippen molar-refractivity contribution >= 4 is 32.8 Å². The Balaban J connectivity index is 1.30. The lowest BCUT2D eigenvalue weighted by Crippen LogP contribution is -2.14. The molecule has 1 aliphatic rings. The van der Waals surface area contributed by atoms with Crippen molar-refractivity contribution in [3.8, 4) is 16.3 Å². The van der Waals surface area contributed by atoms with E-state index in [0.29, 0.717) is 18.8 Å². The molecule has 184 valence electrons. The van der Waals surface area contributed by atoms with E-state index in [9.17, 15) is 13.2 Å². The summed E-state index contributed by atoms with van der Waals surface area (Å²) in [5.74, 6) is 0.463. The number of aromatic nitrogens is 1. The molecule has 1 amide bonds. The number of rotatable bonds is 6. The lowest BCUT2D eigenvalue weighted by Gasteiger charge is -2.10. The summed E-state index contributed by atoms with van der Waals surface area (Å²) in [5.41, 5.74) is 4.51. The van der Waals surface area contributed by atoms with Crippen LogP contribution in [0, 0.1) is 13.8 Å². The number of ether oxygens (including phenoxy) is 1. The average molecular weight is 520 g/mol. The van der Waals surface area contributed by atoms with E-state index >= 15 is 0 Å². The molecule has 7 nitrogen and oxygen atoms in total. The second-order valence-electron chi connectivity index (χ2n) is 8.66. The molecule has 0 aliphatic carbocycles. The number of benzene rings is 3. The number of aryl methyl sites for hydroxylation is 2. The van der Waals surface area contributed by atoms with Crippen LogP contribution in [0.5, 0.6) is 5.75 Å². The SMILES string of the molecule is COc1c(C)cc(-c2ncc(CNCc3ccc4c(c3)NC(=O)c3ccccc3S4(=O)=O)s2)cc1C. The minimum Gasteiger partial charge on any atom is -0.496 e. The van der Waals surface area contributed by atoms with E-state index in [0.717, 1.165) is 37.9 Å². The van der Waals surface area contributed by atoms with E-state index in [2.05, 4.69) is 27.8 Å². The van der Waals surface area contributed by atoms with Crippen molar-refractivity contribution in [2.45, 2.75) is 36.7 Å². The highest BCUT2D eigenvalue weighted by atomic mass is 32.2. The fraction of sp³-hybridized carbons (Fsp3) is 0.185. The van der Waals surface area contributed by atoms with Gasteiger partial charge >= 0.3 is 0 Å². The fourth-order valence-electron chi connectivity index (χ4n) is 4.46. The van der Waals surface area contributed by atoms with Gasteiger partial charge in [-0.3, -0.25) is 4.79 Å². The third-order valence-electron chi connectivity index (χ3n) is 6.10. The molecule has 1 aromatic heterocycles. The van der Waals surface area contributed by atoms with Gasteiger partial charge in [0, 0.05) is 29.7 Å². The predicted molar refractivity (Wildman–Crippen MR) is 140 cm³/mol. The zero-order valence-corrected chi connectivity index (χ0v) is 21.7. The second kappa shape index (κ2) is 9.50. The topological polar surface area (TPSA) is 97.4 Å². The number of fused-ring (bicyclic) bond motifs is 2. The maximum Gasteiger partial charge on any atom is 0.257 e. The average Bonchev–Trinajstić information content (AvgIpc) is 3.30. The Hall–Kier alpha value is -3.53. The lowest BCUT2D eigenvalue weighted by atomic mass is 10.1. The van der Waals surface area contributed by atoms with Crippen molar-refractivity contribution < 1.29 is 17.9 Å². The molecule has 0 atom stereocenters. The summed E-state index contributed by atoms with van der Waals surface area (Å²) in [7, 11) is -2.12. The number of anilines is 1. The van der Waals surface area contributed by atoms with Crippen LogP contribution in [0.25, 0.3) is 10.6 Å². The minimum atomic E-state index is -3.80. The largest absolute Gasteiger partial charge is 0.496 e. The van der Waals surface area contributed by atoms with Crippen LogP contribution in [0.1, 0.15) is 31.9 Å². The highest BCUT2D eigenvalue weighted by Gasteiger charge is 2.30. The van der Waals surface area contributed by atoms with Gasteiger partial charge in [-0.25, -0.2) is 13.4 Å². The van der Waals surface area contributed by atoms with Gasteiger partial charge in [0.05, 0.1) is 28.2 Å². The second-order valence-corrected chi connectivity index (χ2v) is 11.7. The summed E-state index contributed by atoms with van der Waals surface area (Å²) in [6, 6.07) is 15.5. The third-order valence-corrected chi connectivity index (χ3v) is 9.01. The van der Waals surface area contributed by atoms with Crippen molar-refractivity contribution in [2.75, 3.05) is 12.4 Å². The van der Waals surface area contributed by atoms with Crippen LogP contribution < -0.4 is 15.4 Å². The van der Waals surface area contributed by atoms with Crippen molar-refractivity contribution in [1.82, 2.24) is 10.3 Å². The molecule has 0 bridgehead atoms. The van der Waals surface area contributed by atoms with Gasteiger partial charge in [-0.2, -0.15) is 0 Å². The maximum atomic E-state index is 13.1. The van der Waals surface area contributed by atoms with Crippen molar-refractivity contribution in [1.29, 1.82) is 0 Å². The molecule has 9 heteroatoms. The maximum absolute atomic E-state index is 13.1. The summed E-state index contributed by atoms with van der Waals surface area (Å²) in [4.78, 5) is 18.4. The predicted octanol–water partition coefficient (Wildman–Crippen LogP) is 5.12. The molecule has 2 heterocycles. The van der Waals surface area contributed by atoms with Gasteiger partial charge in [-0.1, -0.05) is 18.2 Å². The molecule has 0 spiro atoms. The Morgan fingerprint density at radius 1 is 1.00 bits per heavy atom. The first-order valence-corrected chi connectivity index (χ1v) is 13.7. The van der Waals surface area contributed by atoms with Crippen LogP contribution in [0.4, 0.5) is 5.69 Å². The van der Waals surface area contributed by atoms with Crippen molar-refractivity contribution in [2.24, 2.45) is 0 Å². The van der Waals surface area contributed by atoms with E-state index in [1.165, 1.54) is 12.1 Å². The highest BCUT2D eigenvalue weighted by molar-refractivity contribution is 7.91. The molecule has 36 heavy (non-hydrogen) atoms. The number of methoxy groups -OCH3 is 1. The molecule has 0 saturated heterocycles. The van der Waals surface area contributed by atoms with Gasteiger partial charge in [0.1, 0.15) is 10.8 Å². The zero-order valence-electron chi connectivity index (χ0n) is 20.1. The molecule has 4 aromatic rings. The van der Waals surface area contributed by atoms with Crippen molar-refractivity contribution in [3.63, 3.8) is 0 Å². The number of carbonyl (C=O) groups excluding carboxylic acids is 1. The standard InChI is InChI=1S/C27H25N3O4S2/c1-16-10-19(11-17(2)25(16)34-3)27-29-15-20(35-27)14-28-13-18-8-9-24-22(12-18)30-26(31)21-6-4-5-7-23(21)36(24,32)33/h4-12,15,28H,13-14H2,1-3H3,(H,30,31). The first-order valence-electron chi connectivity index (χ1n) is 11.4. The molecular weight excluding hydrogens is 494 g/mol. The number of nitrogens with zero attached hydrogens (tertiary/aromatic N) is 1. The van der Waals surface area contributed by atoms with E-state index < -0.39 is 15.7 Å². The summed E-state index contributed by atoms with van der Waals surface area (Å²) in [5, 5.41) is 7.08. The monoisotopic (exact) mass is 519 g/mol. The smallest absolute Gasteiger partial charge is 0.257 e. The molecule has 2 N–H and O–H groups in total. The van der Waals surface area contributed by atoms with Gasteiger partial charge in [0.15, 0.2) is 0 Å². The quantitative estimate of drug-likeness (QED) is 0.367. The lowest BCUT2D eigenvalue weighted by molar-refractivity contribution is 0.102. The number of hydrogen-bond donors (Lipinski definition) is 2. The van der Waals surface area contributed by atoms with E-state index in [1.54, 1.807) is 48.8 Å². The number of amides is 1. The molecule has 3 aromatic carbocycles. The van der Waals surface area contributed by atoms with Crippen LogP contribution >= 0.6 is 11.3 Å². The Morgan fingerprint density at radius 3 is 2.50 bits per heavy atom. The van der Waals surface area contributed by atoms with Gasteiger partial charge in [-0.15, -0.1) is 11.3 Å². The Bertz CT molecular complexity index is 1570. The first-order chi connectivity index (χ1) is 17.3. The summed E-state index contributed by atoms with van der Waals surface area (Å²) < 4.78 is 31.8. The first kappa shape index (κ1) is 24.2. The molecule has 0 fully saturated rings. The van der Waals surface area contributed by atoms with E-state index in [4.69, 9.17) is 4.74 Å².